The first-order valence-electron chi connectivity index (χ1n) is 11.7. The molecule has 0 amide bonds. The minimum absolute atomic E-state index is 0.0910. The number of hydrogen-bond acceptors (Lipinski definition) is 7. The van der Waals surface area contributed by atoms with E-state index in [4.69, 9.17) is 0 Å². The molecule has 0 aliphatic carbocycles. The average molecular weight is 485 g/mol. The van der Waals surface area contributed by atoms with Crippen LogP contribution < -0.4 is 15.5 Å². The first kappa shape index (κ1) is 24.5. The fourth-order valence-corrected chi connectivity index (χ4v) is 4.12. The van der Waals surface area contributed by atoms with Gasteiger partial charge in [0, 0.05) is 44.4 Å². The van der Waals surface area contributed by atoms with Crippen LogP contribution in [0.1, 0.15) is 44.7 Å². The van der Waals surface area contributed by atoms with Crippen molar-refractivity contribution in [2.75, 3.05) is 29.9 Å². The zero-order valence-corrected chi connectivity index (χ0v) is 20.6. The molecule has 3 aromatic heterocycles. The Morgan fingerprint density at radius 2 is 1.94 bits per heavy atom. The molecule has 11 heteroatoms. The summed E-state index contributed by atoms with van der Waals surface area (Å²) in [6.45, 7) is 11.6. The summed E-state index contributed by atoms with van der Waals surface area (Å²) >= 11 is 0. The average Bonchev–Trinajstić information content (AvgIpc) is 3.35. The number of pyridine rings is 1. The van der Waals surface area contributed by atoms with E-state index in [2.05, 4.69) is 51.5 Å². The number of nitrogens with one attached hydrogen (secondary N) is 2. The van der Waals surface area contributed by atoms with Crippen molar-refractivity contribution in [3.05, 3.63) is 41.9 Å². The predicted octanol–water partition coefficient (Wildman–Crippen LogP) is 4.28. The number of anilines is 3. The molecule has 4 aromatic rings. The van der Waals surface area contributed by atoms with E-state index in [9.17, 15) is 9.18 Å². The van der Waals surface area contributed by atoms with Crippen LogP contribution >= 0.6 is 0 Å². The van der Waals surface area contributed by atoms with Gasteiger partial charge in [-0.05, 0) is 26.0 Å². The highest BCUT2D eigenvalue weighted by molar-refractivity contribution is 5.99. The van der Waals surface area contributed by atoms with Crippen molar-refractivity contribution in [1.82, 2.24) is 29.7 Å². The van der Waals surface area contributed by atoms with E-state index in [1.165, 1.54) is 36.2 Å². The summed E-state index contributed by atoms with van der Waals surface area (Å²) in [4.78, 5) is 18.4. The third kappa shape index (κ3) is 4.95. The van der Waals surface area contributed by atoms with E-state index >= 15 is 4.39 Å². The van der Waals surface area contributed by atoms with Crippen molar-refractivity contribution in [1.29, 1.82) is 0 Å². The Morgan fingerprint density at radius 3 is 2.63 bits per heavy atom. The van der Waals surface area contributed by atoms with Crippen molar-refractivity contribution in [2.24, 2.45) is 0 Å². The van der Waals surface area contributed by atoms with E-state index < -0.39 is 11.6 Å². The summed E-state index contributed by atoms with van der Waals surface area (Å²) in [7, 11) is 0. The monoisotopic (exact) mass is 484 g/mol. The lowest BCUT2D eigenvalue weighted by atomic mass is 10.1. The van der Waals surface area contributed by atoms with Crippen LogP contribution in [0.25, 0.3) is 16.6 Å². The smallest absolute Gasteiger partial charge is 0.244 e. The molecule has 1 unspecified atom stereocenters. The maximum Gasteiger partial charge on any atom is 0.244 e. The van der Waals surface area contributed by atoms with Gasteiger partial charge in [-0.25, -0.2) is 18.3 Å². The number of carbonyl (C=O) groups is 1. The fourth-order valence-electron chi connectivity index (χ4n) is 4.12. The van der Waals surface area contributed by atoms with Gasteiger partial charge in [-0.2, -0.15) is 9.78 Å². The number of carbonyl (C=O) groups excluding carboxylic acids is 1. The first-order chi connectivity index (χ1) is 16.7. The second-order valence-corrected chi connectivity index (χ2v) is 8.74. The molecule has 35 heavy (non-hydrogen) atoms. The second-order valence-electron chi connectivity index (χ2n) is 8.74. The predicted molar refractivity (Wildman–Crippen MR) is 133 cm³/mol. The van der Waals surface area contributed by atoms with Crippen LogP contribution in [0.15, 0.2) is 24.4 Å². The summed E-state index contributed by atoms with van der Waals surface area (Å²) < 4.78 is 32.2. The van der Waals surface area contributed by atoms with Crippen molar-refractivity contribution in [3.8, 4) is 0 Å². The van der Waals surface area contributed by atoms with Crippen LogP contribution in [0.4, 0.5) is 26.0 Å². The van der Waals surface area contributed by atoms with E-state index in [0.29, 0.717) is 22.7 Å². The van der Waals surface area contributed by atoms with E-state index in [-0.39, 0.29) is 28.8 Å². The molecule has 2 N–H and O–H groups in total. The maximum absolute atomic E-state index is 15.3. The van der Waals surface area contributed by atoms with Gasteiger partial charge in [-0.15, -0.1) is 5.10 Å². The molecule has 0 radical (unpaired) electrons. The van der Waals surface area contributed by atoms with Crippen LogP contribution in [0.3, 0.4) is 0 Å². The molecule has 4 heterocycles. The molecule has 0 saturated carbocycles. The highest BCUT2D eigenvalue weighted by Gasteiger charge is 2.23. The van der Waals surface area contributed by atoms with Crippen LogP contribution in [0.5, 0.6) is 0 Å². The number of aromatic nitrogens is 5. The molecule has 5 rings (SSSR count). The molecule has 1 atom stereocenters. The molecule has 1 aliphatic heterocycles. The van der Waals surface area contributed by atoms with Gasteiger partial charge < -0.3 is 15.5 Å². The quantitative estimate of drug-likeness (QED) is 0.448. The molecule has 9 nitrogen and oxygen atoms in total. The summed E-state index contributed by atoms with van der Waals surface area (Å²) in [6.07, 6.45) is 2.78. The third-order valence-electron chi connectivity index (χ3n) is 5.51. The van der Waals surface area contributed by atoms with Gasteiger partial charge in [0.25, 0.3) is 0 Å². The Kier molecular flexibility index (Phi) is 6.97. The van der Waals surface area contributed by atoms with Gasteiger partial charge in [0.05, 0.1) is 22.8 Å². The van der Waals surface area contributed by atoms with E-state index in [1.807, 2.05) is 0 Å². The Balaban J connectivity index is 0.000000917. The Labute approximate surface area is 202 Å². The minimum atomic E-state index is -0.582. The van der Waals surface area contributed by atoms with Crippen LogP contribution in [-0.4, -0.2) is 56.0 Å². The molecule has 1 saturated heterocycles. The third-order valence-corrected chi connectivity index (χ3v) is 5.51. The molecule has 1 aromatic carbocycles. The zero-order valence-electron chi connectivity index (χ0n) is 20.6. The Bertz CT molecular complexity index is 1380. The topological polar surface area (TPSA) is 92.4 Å². The Hall–Kier alpha value is -3.60. The first-order valence-corrected chi connectivity index (χ1v) is 11.7. The SMILES string of the molecule is CC(=O)n1nc(Nc2cc(F)c3nc(C)nn3c2)c2c(F)cc(N3CCNC(C)C3)cc21.CCC. The van der Waals surface area contributed by atoms with Crippen LogP contribution in [-0.2, 0) is 0 Å². The lowest BCUT2D eigenvalue weighted by Gasteiger charge is -2.33. The standard InChI is InChI=1S/C21H22F2N8O.C3H8/c1-11-9-29(5-4-24-11)15-7-16(22)19-18(8-15)31(13(3)32)28-20(19)26-14-6-17(23)21-25-12(2)27-30(21)10-14;1-3-2/h6-8,10-11,24H,4-5,9H2,1-3H3,(H,26,28);3H2,1-2H3. The number of halogens is 2. The summed E-state index contributed by atoms with van der Waals surface area (Å²) in [5.41, 5.74) is 1.42. The molecule has 0 spiro atoms. The molecule has 186 valence electrons. The van der Waals surface area contributed by atoms with Gasteiger partial charge in [0.2, 0.25) is 5.91 Å². The van der Waals surface area contributed by atoms with E-state index in [1.54, 1.807) is 13.0 Å². The Morgan fingerprint density at radius 1 is 1.20 bits per heavy atom. The molecule has 1 fully saturated rings. The molecular formula is C24H30F2N8O. The largest absolute Gasteiger partial charge is 0.369 e. The van der Waals surface area contributed by atoms with Crippen molar-refractivity contribution < 1.29 is 13.6 Å². The summed E-state index contributed by atoms with van der Waals surface area (Å²) in [5, 5.41) is 14.8. The normalized spacial score (nSPS) is 15.9. The molecule has 0 bridgehead atoms. The molecular weight excluding hydrogens is 454 g/mol. The van der Waals surface area contributed by atoms with Crippen molar-refractivity contribution >= 4 is 39.6 Å². The van der Waals surface area contributed by atoms with Crippen LogP contribution in [0, 0.1) is 18.6 Å². The highest BCUT2D eigenvalue weighted by Crippen LogP contribution is 2.33. The lowest BCUT2D eigenvalue weighted by molar-refractivity contribution is 0.0927. The van der Waals surface area contributed by atoms with Crippen molar-refractivity contribution in [3.63, 3.8) is 0 Å². The number of aryl methyl sites for hydroxylation is 1. The van der Waals surface area contributed by atoms with Gasteiger partial charge >= 0.3 is 0 Å². The fraction of sp³-hybridized carbons (Fsp3) is 0.417. The number of benzene rings is 1. The summed E-state index contributed by atoms with van der Waals surface area (Å²) in [5.74, 6) is -0.920. The highest BCUT2D eigenvalue weighted by atomic mass is 19.1. The van der Waals surface area contributed by atoms with Gasteiger partial charge in [0.15, 0.2) is 17.3 Å². The van der Waals surface area contributed by atoms with Gasteiger partial charge in [0.1, 0.15) is 11.6 Å². The minimum Gasteiger partial charge on any atom is -0.369 e. The number of rotatable bonds is 3. The van der Waals surface area contributed by atoms with Gasteiger partial charge in [-0.1, -0.05) is 20.3 Å². The maximum atomic E-state index is 15.3. The number of hydrogen-bond donors (Lipinski definition) is 2. The number of piperazine rings is 1. The number of fused-ring (bicyclic) bond motifs is 2. The second kappa shape index (κ2) is 9.95. The van der Waals surface area contributed by atoms with Gasteiger partial charge in [-0.3, -0.25) is 4.79 Å². The van der Waals surface area contributed by atoms with E-state index in [0.717, 1.165) is 24.3 Å². The lowest BCUT2D eigenvalue weighted by Crippen LogP contribution is -2.49. The number of nitrogens with zero attached hydrogens (tertiary/aromatic N) is 6. The van der Waals surface area contributed by atoms with Crippen LogP contribution in [0.2, 0.25) is 0 Å². The molecule has 1 aliphatic rings. The van der Waals surface area contributed by atoms with Crippen molar-refractivity contribution in [2.45, 2.75) is 47.1 Å². The summed E-state index contributed by atoms with van der Waals surface area (Å²) in [6, 6.07) is 4.71. The zero-order chi connectivity index (χ0) is 25.3.